The third kappa shape index (κ3) is 5.93. The first-order chi connectivity index (χ1) is 18.7. The number of amides is 1. The molecule has 0 N–H and O–H groups in total. The van der Waals surface area contributed by atoms with Crippen LogP contribution >= 0.6 is 11.6 Å². The Bertz CT molecular complexity index is 1460. The van der Waals surface area contributed by atoms with E-state index < -0.39 is 10.0 Å². The van der Waals surface area contributed by atoms with E-state index in [1.54, 1.807) is 54.3 Å². The smallest absolute Gasteiger partial charge is 0.268 e. The van der Waals surface area contributed by atoms with Crippen molar-refractivity contribution in [2.75, 3.05) is 50.9 Å². The minimum atomic E-state index is -4.14. The van der Waals surface area contributed by atoms with Crippen LogP contribution in [0.2, 0.25) is 5.02 Å². The van der Waals surface area contributed by atoms with Crippen LogP contribution < -0.4 is 18.5 Å². The number of sulfonamides is 1. The molecule has 206 valence electrons. The average molecular weight is 572 g/mol. The number of carbonyl (C=O) groups excluding carboxylic acids is 1. The van der Waals surface area contributed by atoms with Crippen LogP contribution in [0.1, 0.15) is 11.1 Å². The van der Waals surface area contributed by atoms with Crippen LogP contribution in [0.5, 0.6) is 17.2 Å². The highest BCUT2D eigenvalue weighted by Gasteiger charge is 2.32. The number of anilines is 1. The number of rotatable bonds is 8. The third-order valence-electron chi connectivity index (χ3n) is 6.85. The number of piperazine rings is 1. The SMILES string of the molecule is COc1ccc(C)cc1S(=O)(=O)N(CC(=O)N1CCN(Cc2ccc3c(c2)OCO3)CC1)c1ccc(Cl)cc1. The summed E-state index contributed by atoms with van der Waals surface area (Å²) in [6.45, 7) is 4.73. The van der Waals surface area contributed by atoms with Crippen LogP contribution in [0.3, 0.4) is 0 Å². The molecule has 39 heavy (non-hydrogen) atoms. The molecule has 0 radical (unpaired) electrons. The molecule has 1 saturated heterocycles. The summed E-state index contributed by atoms with van der Waals surface area (Å²) in [6.07, 6.45) is 0. The van der Waals surface area contributed by atoms with Crippen molar-refractivity contribution < 1.29 is 27.4 Å². The summed E-state index contributed by atoms with van der Waals surface area (Å²) >= 11 is 6.06. The number of methoxy groups -OCH3 is 1. The summed E-state index contributed by atoms with van der Waals surface area (Å²) in [5.74, 6) is 1.43. The maximum atomic E-state index is 13.9. The molecule has 0 atom stereocenters. The summed E-state index contributed by atoms with van der Waals surface area (Å²) in [4.78, 5) is 17.4. The number of aryl methyl sites for hydroxylation is 1. The Labute approximate surface area is 233 Å². The number of ether oxygens (including phenoxy) is 3. The van der Waals surface area contributed by atoms with E-state index in [1.807, 2.05) is 18.2 Å². The Morgan fingerprint density at radius 2 is 1.69 bits per heavy atom. The Balaban J connectivity index is 1.31. The highest BCUT2D eigenvalue weighted by atomic mass is 35.5. The lowest BCUT2D eigenvalue weighted by Crippen LogP contribution is -2.51. The van der Waals surface area contributed by atoms with Crippen molar-refractivity contribution in [3.8, 4) is 17.2 Å². The number of benzene rings is 3. The molecule has 2 aliphatic rings. The Morgan fingerprint density at radius 1 is 0.974 bits per heavy atom. The van der Waals surface area contributed by atoms with Crippen molar-refractivity contribution in [1.29, 1.82) is 0 Å². The quantitative estimate of drug-likeness (QED) is 0.405. The van der Waals surface area contributed by atoms with Gasteiger partial charge in [0.05, 0.1) is 12.8 Å². The highest BCUT2D eigenvalue weighted by Crippen LogP contribution is 2.33. The third-order valence-corrected chi connectivity index (χ3v) is 8.90. The molecule has 2 heterocycles. The van der Waals surface area contributed by atoms with Gasteiger partial charge in [-0.1, -0.05) is 23.7 Å². The second-order valence-electron chi connectivity index (χ2n) is 9.49. The Kier molecular flexibility index (Phi) is 7.88. The first-order valence-corrected chi connectivity index (χ1v) is 14.4. The molecule has 0 aromatic heterocycles. The van der Waals surface area contributed by atoms with E-state index in [1.165, 1.54) is 7.11 Å². The van der Waals surface area contributed by atoms with Crippen molar-refractivity contribution in [3.63, 3.8) is 0 Å². The minimum Gasteiger partial charge on any atom is -0.495 e. The van der Waals surface area contributed by atoms with Crippen LogP contribution in [0.15, 0.2) is 65.6 Å². The van der Waals surface area contributed by atoms with Crippen molar-refractivity contribution in [1.82, 2.24) is 9.80 Å². The minimum absolute atomic E-state index is 0.00120. The van der Waals surface area contributed by atoms with Crippen LogP contribution in [0.4, 0.5) is 5.69 Å². The lowest BCUT2D eigenvalue weighted by molar-refractivity contribution is -0.131. The number of halogens is 1. The molecular weight excluding hydrogens is 542 g/mol. The molecular formula is C28H30ClN3O6S. The molecule has 0 unspecified atom stereocenters. The molecule has 9 nitrogen and oxygen atoms in total. The predicted octanol–water partition coefficient (Wildman–Crippen LogP) is 3.93. The standard InChI is InChI=1S/C28H30ClN3O6S/c1-20-3-9-25(36-2)27(15-20)39(34,35)32(23-7-5-22(29)6-8-23)18-28(33)31-13-11-30(12-14-31)17-21-4-10-24-26(16-21)38-19-37-24/h3-10,15-16H,11-14,17-19H2,1-2H3. The van der Waals surface area contributed by atoms with Gasteiger partial charge < -0.3 is 19.1 Å². The lowest BCUT2D eigenvalue weighted by Gasteiger charge is -2.36. The lowest BCUT2D eigenvalue weighted by atomic mass is 10.1. The van der Waals surface area contributed by atoms with Crippen LogP contribution in [0.25, 0.3) is 0 Å². The first kappa shape index (κ1) is 27.1. The monoisotopic (exact) mass is 571 g/mol. The normalized spacial score (nSPS) is 15.3. The fraction of sp³-hybridized carbons (Fsp3) is 0.321. The number of fused-ring (bicyclic) bond motifs is 1. The zero-order valence-electron chi connectivity index (χ0n) is 21.8. The van der Waals surface area contributed by atoms with Gasteiger partial charge in [-0.15, -0.1) is 0 Å². The van der Waals surface area contributed by atoms with Crippen molar-refractivity contribution in [3.05, 3.63) is 76.8 Å². The predicted molar refractivity (Wildman–Crippen MR) is 148 cm³/mol. The van der Waals surface area contributed by atoms with E-state index in [0.29, 0.717) is 36.9 Å². The van der Waals surface area contributed by atoms with E-state index in [0.717, 1.165) is 33.5 Å². The molecule has 11 heteroatoms. The number of nitrogens with zero attached hydrogens (tertiary/aromatic N) is 3. The first-order valence-electron chi connectivity index (χ1n) is 12.6. The number of carbonyl (C=O) groups is 1. The Hall–Kier alpha value is -3.47. The summed E-state index contributed by atoms with van der Waals surface area (Å²) in [5, 5.41) is 0.467. The van der Waals surface area contributed by atoms with Crippen LogP contribution in [-0.4, -0.2) is 70.8 Å². The molecule has 0 bridgehead atoms. The summed E-state index contributed by atoms with van der Waals surface area (Å²) in [5.41, 5.74) is 2.21. The zero-order valence-corrected chi connectivity index (χ0v) is 23.4. The van der Waals surface area contributed by atoms with Crippen LogP contribution in [0, 0.1) is 6.92 Å². The fourth-order valence-corrected chi connectivity index (χ4v) is 6.49. The summed E-state index contributed by atoms with van der Waals surface area (Å²) < 4.78 is 45.2. The average Bonchev–Trinajstić information content (AvgIpc) is 3.40. The number of hydrogen-bond acceptors (Lipinski definition) is 7. The molecule has 1 amide bonds. The molecule has 2 aliphatic heterocycles. The molecule has 0 saturated carbocycles. The van der Waals surface area contributed by atoms with Gasteiger partial charge in [-0.3, -0.25) is 14.0 Å². The zero-order chi connectivity index (χ0) is 27.6. The van der Waals surface area contributed by atoms with Gasteiger partial charge in [0.2, 0.25) is 12.7 Å². The second-order valence-corrected chi connectivity index (χ2v) is 11.8. The van der Waals surface area contributed by atoms with E-state index >= 15 is 0 Å². The number of hydrogen-bond donors (Lipinski definition) is 0. The molecule has 3 aromatic rings. The molecule has 5 rings (SSSR count). The fourth-order valence-electron chi connectivity index (χ4n) is 4.70. The van der Waals surface area contributed by atoms with Gasteiger partial charge in [0, 0.05) is 37.7 Å². The molecule has 1 fully saturated rings. The van der Waals surface area contributed by atoms with E-state index in [2.05, 4.69) is 4.90 Å². The Morgan fingerprint density at radius 3 is 2.41 bits per heavy atom. The largest absolute Gasteiger partial charge is 0.495 e. The summed E-state index contributed by atoms with van der Waals surface area (Å²) in [6, 6.07) is 17.2. The van der Waals surface area contributed by atoms with Gasteiger partial charge in [0.25, 0.3) is 10.0 Å². The van der Waals surface area contributed by atoms with Gasteiger partial charge in [-0.25, -0.2) is 8.42 Å². The maximum absolute atomic E-state index is 13.9. The molecule has 0 spiro atoms. The van der Waals surface area contributed by atoms with E-state index in [4.69, 9.17) is 25.8 Å². The van der Waals surface area contributed by atoms with Gasteiger partial charge in [0.1, 0.15) is 17.2 Å². The second kappa shape index (κ2) is 11.3. The van der Waals surface area contributed by atoms with E-state index in [-0.39, 0.29) is 29.9 Å². The van der Waals surface area contributed by atoms with Crippen molar-refractivity contribution >= 4 is 33.2 Å². The van der Waals surface area contributed by atoms with Crippen LogP contribution in [-0.2, 0) is 21.4 Å². The highest BCUT2D eigenvalue weighted by molar-refractivity contribution is 7.93. The topological polar surface area (TPSA) is 88.6 Å². The molecule has 3 aromatic carbocycles. The van der Waals surface area contributed by atoms with Gasteiger partial charge >= 0.3 is 0 Å². The molecule has 0 aliphatic carbocycles. The van der Waals surface area contributed by atoms with Gasteiger partial charge in [0.15, 0.2) is 11.5 Å². The summed E-state index contributed by atoms with van der Waals surface area (Å²) in [7, 11) is -2.72. The van der Waals surface area contributed by atoms with Crippen molar-refractivity contribution in [2.45, 2.75) is 18.4 Å². The van der Waals surface area contributed by atoms with Gasteiger partial charge in [-0.05, 0) is 66.6 Å². The van der Waals surface area contributed by atoms with Gasteiger partial charge in [-0.2, -0.15) is 0 Å². The van der Waals surface area contributed by atoms with E-state index in [9.17, 15) is 13.2 Å². The van der Waals surface area contributed by atoms with Crippen molar-refractivity contribution in [2.24, 2.45) is 0 Å². The maximum Gasteiger partial charge on any atom is 0.268 e.